The van der Waals surface area contributed by atoms with Crippen molar-refractivity contribution >= 4 is 23.3 Å². The van der Waals surface area contributed by atoms with Crippen molar-refractivity contribution in [2.24, 2.45) is 5.41 Å². The number of H-pyrrole nitrogens is 1. The zero-order valence-corrected chi connectivity index (χ0v) is 19.6. The zero-order valence-electron chi connectivity index (χ0n) is 18.8. The van der Waals surface area contributed by atoms with Crippen LogP contribution < -0.4 is 15.6 Å². The molecule has 9 nitrogen and oxygen atoms in total. The topological polar surface area (TPSA) is 122 Å². The fraction of sp³-hybridized carbons (Fsp3) is 0.280. The Morgan fingerprint density at radius 2 is 1.91 bits per heavy atom. The monoisotopic (exact) mass is 493 g/mol. The molecule has 180 valence electrons. The third-order valence-corrected chi connectivity index (χ3v) is 6.81. The lowest BCUT2D eigenvalue weighted by Crippen LogP contribution is -2.44. The summed E-state index contributed by atoms with van der Waals surface area (Å²) in [7, 11) is 0. The Balaban J connectivity index is 1.35. The van der Waals surface area contributed by atoms with Crippen molar-refractivity contribution in [3.05, 3.63) is 81.2 Å². The Morgan fingerprint density at radius 1 is 1.17 bits per heavy atom. The van der Waals surface area contributed by atoms with Gasteiger partial charge in [0, 0.05) is 17.5 Å². The molecular formula is C25H24ClN5O4. The number of aliphatic hydroxyl groups is 1. The molecule has 2 aromatic heterocycles. The molecule has 1 fully saturated rings. The standard InChI is InChI=1S/C25H24ClN5O4/c26-20-18(28-24-29-21(30-31(24)23(20)34)16-7-2-1-3-8-16)13-35-19-10-5-4-9-17(19)22(33)27-14-25(15-32)11-6-12-25/h1-5,7-10,32H,6,11-15H2,(H,27,33)(H,28,29,30). The number of rotatable bonds is 8. The minimum absolute atomic E-state index is 0.0500. The van der Waals surface area contributed by atoms with E-state index in [-0.39, 0.29) is 35.3 Å². The quantitative estimate of drug-likeness (QED) is 0.346. The second kappa shape index (κ2) is 9.52. The number of hydrogen-bond acceptors (Lipinski definition) is 6. The number of ether oxygens (including phenoxy) is 1. The summed E-state index contributed by atoms with van der Waals surface area (Å²) >= 11 is 6.32. The van der Waals surface area contributed by atoms with Gasteiger partial charge in [-0.2, -0.15) is 9.50 Å². The van der Waals surface area contributed by atoms with Gasteiger partial charge < -0.3 is 20.1 Å². The molecule has 0 radical (unpaired) electrons. The molecule has 10 heteroatoms. The van der Waals surface area contributed by atoms with Crippen molar-refractivity contribution in [1.82, 2.24) is 24.9 Å². The van der Waals surface area contributed by atoms with E-state index in [0.29, 0.717) is 29.4 Å². The van der Waals surface area contributed by atoms with Crippen LogP contribution in [0, 0.1) is 5.41 Å². The number of benzene rings is 2. The molecule has 35 heavy (non-hydrogen) atoms. The average Bonchev–Trinajstić information content (AvgIpc) is 3.30. The van der Waals surface area contributed by atoms with Gasteiger partial charge in [0.15, 0.2) is 5.82 Å². The summed E-state index contributed by atoms with van der Waals surface area (Å²) in [5.41, 5.74) is 0.690. The maximum atomic E-state index is 12.8. The Morgan fingerprint density at radius 3 is 2.63 bits per heavy atom. The number of carbonyl (C=O) groups excluding carboxylic acids is 1. The van der Waals surface area contributed by atoms with Crippen LogP contribution in [0.1, 0.15) is 35.3 Å². The van der Waals surface area contributed by atoms with Crippen molar-refractivity contribution in [3.8, 4) is 17.1 Å². The number of halogens is 1. The highest BCUT2D eigenvalue weighted by Crippen LogP contribution is 2.39. The first-order valence-corrected chi connectivity index (χ1v) is 11.7. The van der Waals surface area contributed by atoms with E-state index in [1.165, 1.54) is 0 Å². The van der Waals surface area contributed by atoms with Crippen LogP contribution in [0.4, 0.5) is 0 Å². The van der Waals surface area contributed by atoms with E-state index in [4.69, 9.17) is 16.3 Å². The highest BCUT2D eigenvalue weighted by Gasteiger charge is 2.36. The lowest BCUT2D eigenvalue weighted by molar-refractivity contribution is 0.0428. The largest absolute Gasteiger partial charge is 0.486 e. The summed E-state index contributed by atoms with van der Waals surface area (Å²) in [6.45, 7) is 0.375. The van der Waals surface area contributed by atoms with E-state index in [1.807, 2.05) is 30.3 Å². The second-order valence-electron chi connectivity index (χ2n) is 8.74. The fourth-order valence-electron chi connectivity index (χ4n) is 4.12. The maximum Gasteiger partial charge on any atom is 0.294 e. The molecule has 3 N–H and O–H groups in total. The van der Waals surface area contributed by atoms with Gasteiger partial charge in [-0.05, 0) is 25.0 Å². The van der Waals surface area contributed by atoms with Crippen LogP contribution in [-0.4, -0.2) is 43.7 Å². The summed E-state index contributed by atoms with van der Waals surface area (Å²) in [4.78, 5) is 33.1. The molecule has 2 aromatic carbocycles. The fourth-order valence-corrected chi connectivity index (χ4v) is 4.30. The van der Waals surface area contributed by atoms with Crippen molar-refractivity contribution in [1.29, 1.82) is 0 Å². The van der Waals surface area contributed by atoms with E-state index in [0.717, 1.165) is 29.3 Å². The van der Waals surface area contributed by atoms with E-state index < -0.39 is 5.56 Å². The van der Waals surface area contributed by atoms with Crippen molar-refractivity contribution < 1.29 is 14.6 Å². The SMILES string of the molecule is O=C(NCC1(CO)CCC1)c1ccccc1OCc1[nH]c2nc(-c3ccccc3)nn2c(=O)c1Cl. The number of amides is 1. The Bertz CT molecular complexity index is 1420. The summed E-state index contributed by atoms with van der Waals surface area (Å²) in [6.07, 6.45) is 2.84. The molecule has 5 rings (SSSR count). The first-order valence-electron chi connectivity index (χ1n) is 11.3. The van der Waals surface area contributed by atoms with Crippen molar-refractivity contribution in [2.45, 2.75) is 25.9 Å². The minimum Gasteiger partial charge on any atom is -0.486 e. The third-order valence-electron chi connectivity index (χ3n) is 6.42. The maximum absolute atomic E-state index is 12.8. The van der Waals surface area contributed by atoms with Gasteiger partial charge in [0.05, 0.1) is 17.9 Å². The molecule has 1 aliphatic rings. The van der Waals surface area contributed by atoms with Crippen LogP contribution in [0.3, 0.4) is 0 Å². The third kappa shape index (κ3) is 4.52. The number of aromatic amines is 1. The van der Waals surface area contributed by atoms with E-state index in [9.17, 15) is 14.7 Å². The van der Waals surface area contributed by atoms with Gasteiger partial charge in [-0.15, -0.1) is 5.10 Å². The summed E-state index contributed by atoms with van der Waals surface area (Å²) in [5.74, 6) is 0.681. The van der Waals surface area contributed by atoms with Crippen LogP contribution in [0.2, 0.25) is 5.02 Å². The number of fused-ring (bicyclic) bond motifs is 1. The first-order chi connectivity index (χ1) is 17.0. The highest BCUT2D eigenvalue weighted by molar-refractivity contribution is 6.31. The lowest BCUT2D eigenvalue weighted by atomic mass is 9.69. The number of aliphatic hydroxyl groups excluding tert-OH is 1. The summed E-state index contributed by atoms with van der Waals surface area (Å²) in [5, 5.41) is 16.8. The highest BCUT2D eigenvalue weighted by atomic mass is 35.5. The molecule has 0 unspecified atom stereocenters. The van der Waals surface area contributed by atoms with Gasteiger partial charge in [-0.25, -0.2) is 0 Å². The Labute approximate surface area is 205 Å². The molecule has 0 atom stereocenters. The number of nitrogens with one attached hydrogen (secondary N) is 2. The molecule has 0 bridgehead atoms. The smallest absolute Gasteiger partial charge is 0.294 e. The molecule has 1 aliphatic carbocycles. The predicted molar refractivity (Wildman–Crippen MR) is 131 cm³/mol. The van der Waals surface area contributed by atoms with E-state index in [1.54, 1.807) is 24.3 Å². The van der Waals surface area contributed by atoms with Crippen molar-refractivity contribution in [3.63, 3.8) is 0 Å². The second-order valence-corrected chi connectivity index (χ2v) is 9.12. The van der Waals surface area contributed by atoms with E-state index in [2.05, 4.69) is 20.4 Å². The Kier molecular flexibility index (Phi) is 6.27. The van der Waals surface area contributed by atoms with Gasteiger partial charge in [0.25, 0.3) is 11.5 Å². The summed E-state index contributed by atoms with van der Waals surface area (Å²) in [6, 6.07) is 16.1. The van der Waals surface area contributed by atoms with Gasteiger partial charge in [0.2, 0.25) is 5.78 Å². The number of para-hydroxylation sites is 1. The lowest BCUT2D eigenvalue weighted by Gasteiger charge is -2.40. The molecule has 1 amide bonds. The Hall–Kier alpha value is -3.69. The van der Waals surface area contributed by atoms with Crippen LogP contribution >= 0.6 is 11.6 Å². The molecule has 1 saturated carbocycles. The normalized spacial score (nSPS) is 14.5. The minimum atomic E-state index is -0.519. The molecule has 0 spiro atoms. The number of aromatic nitrogens is 4. The van der Waals surface area contributed by atoms with Crippen LogP contribution in [0.25, 0.3) is 17.2 Å². The molecule has 0 aliphatic heterocycles. The molecular weight excluding hydrogens is 470 g/mol. The van der Waals surface area contributed by atoms with Crippen LogP contribution in [-0.2, 0) is 6.61 Å². The number of nitrogens with zero attached hydrogens (tertiary/aromatic N) is 3. The van der Waals surface area contributed by atoms with Crippen molar-refractivity contribution in [2.75, 3.05) is 13.2 Å². The number of carbonyl (C=O) groups is 1. The molecule has 4 aromatic rings. The average molecular weight is 494 g/mol. The number of hydrogen-bond donors (Lipinski definition) is 3. The van der Waals surface area contributed by atoms with Gasteiger partial charge in [-0.1, -0.05) is 60.5 Å². The van der Waals surface area contributed by atoms with Crippen LogP contribution in [0.5, 0.6) is 5.75 Å². The van der Waals surface area contributed by atoms with E-state index >= 15 is 0 Å². The zero-order chi connectivity index (χ0) is 24.4. The van der Waals surface area contributed by atoms with Crippen LogP contribution in [0.15, 0.2) is 59.4 Å². The summed E-state index contributed by atoms with van der Waals surface area (Å²) < 4.78 is 7.01. The predicted octanol–water partition coefficient (Wildman–Crippen LogP) is 3.21. The van der Waals surface area contributed by atoms with Gasteiger partial charge >= 0.3 is 0 Å². The molecule has 2 heterocycles. The van der Waals surface area contributed by atoms with Gasteiger partial charge in [-0.3, -0.25) is 9.59 Å². The van der Waals surface area contributed by atoms with Gasteiger partial charge in [0.1, 0.15) is 17.4 Å². The first kappa shape index (κ1) is 23.1. The molecule has 0 saturated heterocycles.